The standard InChI is InChI=1S/C33H60O4Si2/c1-38(2,3)36-32(24-15-7-11-19-28(24)34-29-20-12-8-16-25(29)32)23-33(37-39(4,5)6)26-17-9-13-21-30(26)35-31-22-14-10-18-27(31)33/h24-31H,7-23H2,1-6H3. The number of ether oxygens (including phenoxy) is 2. The summed E-state index contributed by atoms with van der Waals surface area (Å²) in [6, 6.07) is 0. The van der Waals surface area contributed by atoms with Gasteiger partial charge in [0.15, 0.2) is 16.6 Å². The van der Waals surface area contributed by atoms with E-state index < -0.39 is 16.6 Å². The molecule has 0 aromatic heterocycles. The van der Waals surface area contributed by atoms with Crippen molar-refractivity contribution >= 4 is 16.6 Å². The van der Waals surface area contributed by atoms with Gasteiger partial charge in [0, 0.05) is 30.1 Å². The summed E-state index contributed by atoms with van der Waals surface area (Å²) in [6.07, 6.45) is 23.3. The summed E-state index contributed by atoms with van der Waals surface area (Å²) in [5.74, 6) is 2.08. The molecule has 2 heterocycles. The maximum absolute atomic E-state index is 7.86. The SMILES string of the molecule is C[Si](C)(C)OC1(CC2(O[Si](C)(C)C)C3CCCCC3OC3CCCCC32)C2CCCCC2OC2CCCCC21. The average molecular weight is 577 g/mol. The van der Waals surface area contributed by atoms with Crippen LogP contribution in [0.3, 0.4) is 0 Å². The summed E-state index contributed by atoms with van der Waals surface area (Å²) in [5, 5.41) is 0. The second-order valence-electron chi connectivity index (χ2n) is 16.5. The van der Waals surface area contributed by atoms with Crippen LogP contribution in [0.1, 0.15) is 109 Å². The van der Waals surface area contributed by atoms with Crippen molar-refractivity contribution in [2.75, 3.05) is 0 Å². The minimum atomic E-state index is -1.86. The van der Waals surface area contributed by atoms with Crippen molar-refractivity contribution < 1.29 is 18.3 Å². The van der Waals surface area contributed by atoms with Crippen LogP contribution in [0.5, 0.6) is 0 Å². The molecule has 2 aliphatic heterocycles. The van der Waals surface area contributed by atoms with E-state index in [4.69, 9.17) is 18.3 Å². The topological polar surface area (TPSA) is 36.9 Å². The van der Waals surface area contributed by atoms with Gasteiger partial charge in [0.05, 0.1) is 35.6 Å². The fourth-order valence-corrected chi connectivity index (χ4v) is 13.8. The van der Waals surface area contributed by atoms with Crippen LogP contribution < -0.4 is 0 Å². The van der Waals surface area contributed by atoms with Crippen molar-refractivity contribution in [2.24, 2.45) is 23.7 Å². The van der Waals surface area contributed by atoms with Crippen molar-refractivity contribution in [1.82, 2.24) is 0 Å². The predicted molar refractivity (Wildman–Crippen MR) is 164 cm³/mol. The maximum Gasteiger partial charge on any atom is 0.184 e. The molecular formula is C33H60O4Si2. The van der Waals surface area contributed by atoms with Gasteiger partial charge in [-0.05, 0) is 90.6 Å². The van der Waals surface area contributed by atoms with E-state index in [-0.39, 0.29) is 11.2 Å². The molecule has 2 saturated heterocycles. The molecule has 0 radical (unpaired) electrons. The lowest BCUT2D eigenvalue weighted by atomic mass is 9.53. The summed E-state index contributed by atoms with van der Waals surface area (Å²) in [4.78, 5) is 0. The molecule has 4 aliphatic carbocycles. The van der Waals surface area contributed by atoms with E-state index >= 15 is 0 Å². The van der Waals surface area contributed by atoms with E-state index in [2.05, 4.69) is 39.3 Å². The molecule has 6 rings (SSSR count). The lowest BCUT2D eigenvalue weighted by Gasteiger charge is -2.66. The molecule has 39 heavy (non-hydrogen) atoms. The molecule has 4 nitrogen and oxygen atoms in total. The molecule has 6 heteroatoms. The van der Waals surface area contributed by atoms with Gasteiger partial charge in [0.2, 0.25) is 0 Å². The van der Waals surface area contributed by atoms with Gasteiger partial charge in [-0.3, -0.25) is 0 Å². The molecule has 0 spiro atoms. The summed E-state index contributed by atoms with van der Waals surface area (Å²) >= 11 is 0. The van der Waals surface area contributed by atoms with Gasteiger partial charge in [-0.2, -0.15) is 0 Å². The number of hydrogen-bond donors (Lipinski definition) is 0. The first-order valence-corrected chi connectivity index (χ1v) is 24.0. The highest BCUT2D eigenvalue weighted by Crippen LogP contribution is 2.61. The Morgan fingerprint density at radius 1 is 0.462 bits per heavy atom. The summed E-state index contributed by atoms with van der Waals surface area (Å²) in [6.45, 7) is 14.8. The molecule has 6 fully saturated rings. The number of fused-ring (bicyclic) bond motifs is 4. The first-order chi connectivity index (χ1) is 18.5. The van der Waals surface area contributed by atoms with E-state index in [9.17, 15) is 0 Å². The van der Waals surface area contributed by atoms with E-state index in [1.54, 1.807) is 0 Å². The quantitative estimate of drug-likeness (QED) is 0.296. The molecule has 6 aliphatic rings. The Kier molecular flexibility index (Phi) is 8.34. The Labute approximate surface area is 242 Å². The summed E-state index contributed by atoms with van der Waals surface area (Å²) < 4.78 is 29.9. The second-order valence-corrected chi connectivity index (χ2v) is 25.4. The van der Waals surface area contributed by atoms with E-state index in [1.807, 2.05) is 0 Å². The van der Waals surface area contributed by atoms with Gasteiger partial charge in [-0.15, -0.1) is 0 Å². The van der Waals surface area contributed by atoms with Crippen molar-refractivity contribution in [3.63, 3.8) is 0 Å². The fourth-order valence-electron chi connectivity index (χ4n) is 10.7. The summed E-state index contributed by atoms with van der Waals surface area (Å²) in [5.41, 5.74) is -0.222. The van der Waals surface area contributed by atoms with Crippen molar-refractivity contribution in [3.05, 3.63) is 0 Å². The van der Waals surface area contributed by atoms with Crippen molar-refractivity contribution in [3.8, 4) is 0 Å². The number of hydrogen-bond acceptors (Lipinski definition) is 4. The van der Waals surface area contributed by atoms with Gasteiger partial charge in [0.1, 0.15) is 0 Å². The predicted octanol–water partition coefficient (Wildman–Crippen LogP) is 8.85. The minimum absolute atomic E-state index is 0.111. The minimum Gasteiger partial charge on any atom is -0.411 e. The lowest BCUT2D eigenvalue weighted by Crippen LogP contribution is -2.72. The van der Waals surface area contributed by atoms with Crippen LogP contribution in [0.4, 0.5) is 0 Å². The molecular weight excluding hydrogens is 517 g/mol. The first-order valence-electron chi connectivity index (χ1n) is 17.2. The van der Waals surface area contributed by atoms with Gasteiger partial charge in [-0.1, -0.05) is 51.4 Å². The molecule has 4 saturated carbocycles. The van der Waals surface area contributed by atoms with Crippen LogP contribution >= 0.6 is 0 Å². The Morgan fingerprint density at radius 3 is 0.974 bits per heavy atom. The number of rotatable bonds is 6. The lowest BCUT2D eigenvalue weighted by molar-refractivity contribution is -0.286. The van der Waals surface area contributed by atoms with Crippen LogP contribution in [0.2, 0.25) is 39.3 Å². The van der Waals surface area contributed by atoms with Gasteiger partial charge >= 0.3 is 0 Å². The van der Waals surface area contributed by atoms with Gasteiger partial charge in [-0.25, -0.2) is 0 Å². The summed E-state index contributed by atoms with van der Waals surface area (Å²) in [7, 11) is -3.73. The van der Waals surface area contributed by atoms with Crippen LogP contribution in [0.25, 0.3) is 0 Å². The van der Waals surface area contributed by atoms with Crippen molar-refractivity contribution in [1.29, 1.82) is 0 Å². The van der Waals surface area contributed by atoms with E-state index in [0.29, 0.717) is 48.1 Å². The molecule has 0 aromatic rings. The highest BCUT2D eigenvalue weighted by atomic mass is 28.4. The van der Waals surface area contributed by atoms with E-state index in [0.717, 1.165) is 6.42 Å². The molecule has 224 valence electrons. The molecule has 8 unspecified atom stereocenters. The van der Waals surface area contributed by atoms with Crippen LogP contribution in [0, 0.1) is 23.7 Å². The molecule has 0 amide bonds. The molecule has 8 atom stereocenters. The molecule has 0 aromatic carbocycles. The third kappa shape index (κ3) is 5.67. The van der Waals surface area contributed by atoms with Gasteiger partial charge in [0.25, 0.3) is 0 Å². The second kappa shape index (κ2) is 11.1. The average Bonchev–Trinajstić information content (AvgIpc) is 2.87. The smallest absolute Gasteiger partial charge is 0.184 e. The van der Waals surface area contributed by atoms with Crippen LogP contribution in [-0.2, 0) is 18.3 Å². The molecule has 0 N–H and O–H groups in total. The van der Waals surface area contributed by atoms with Gasteiger partial charge < -0.3 is 18.3 Å². The largest absolute Gasteiger partial charge is 0.411 e. The Balaban J connectivity index is 1.52. The van der Waals surface area contributed by atoms with Crippen LogP contribution in [0.15, 0.2) is 0 Å². The monoisotopic (exact) mass is 576 g/mol. The normalized spacial score (nSPS) is 46.9. The van der Waals surface area contributed by atoms with Crippen molar-refractivity contribution in [2.45, 2.75) is 184 Å². The fraction of sp³-hybridized carbons (Fsp3) is 1.00. The zero-order valence-electron chi connectivity index (χ0n) is 26.3. The van der Waals surface area contributed by atoms with E-state index in [1.165, 1.54) is 103 Å². The zero-order chi connectivity index (χ0) is 27.5. The third-order valence-corrected chi connectivity index (χ3v) is 13.5. The third-order valence-electron chi connectivity index (χ3n) is 11.6. The zero-order valence-corrected chi connectivity index (χ0v) is 28.3. The first kappa shape index (κ1) is 29.4. The highest BCUT2D eigenvalue weighted by molar-refractivity contribution is 6.70. The Hall–Kier alpha value is 0.274. The van der Waals surface area contributed by atoms with Crippen LogP contribution in [-0.4, -0.2) is 52.3 Å². The molecule has 0 bridgehead atoms. The maximum atomic E-state index is 7.86. The Bertz CT molecular complexity index is 738. The highest BCUT2D eigenvalue weighted by Gasteiger charge is 2.66. The Morgan fingerprint density at radius 2 is 0.718 bits per heavy atom.